The first-order chi connectivity index (χ1) is 15.9. The zero-order valence-electron chi connectivity index (χ0n) is 19.2. The molecule has 0 atom stereocenters. The number of unbranched alkanes of at least 4 members (excludes halogenated alkanes) is 1. The van der Waals surface area contributed by atoms with Crippen molar-refractivity contribution >= 4 is 23.4 Å². The Hall–Kier alpha value is -3.22. The largest absolute Gasteiger partial charge is 0.371 e. The predicted octanol–water partition coefficient (Wildman–Crippen LogP) is 4.10. The first-order valence-corrected chi connectivity index (χ1v) is 11.6. The molecule has 0 saturated carbocycles. The highest BCUT2D eigenvalue weighted by Crippen LogP contribution is 2.35. The van der Waals surface area contributed by atoms with Crippen LogP contribution in [0.1, 0.15) is 58.9 Å². The van der Waals surface area contributed by atoms with E-state index in [-0.39, 0.29) is 30.2 Å². The van der Waals surface area contributed by atoms with Gasteiger partial charge in [0, 0.05) is 32.6 Å². The number of hydrogen-bond donors (Lipinski definition) is 0. The molecule has 0 unspecified atom stereocenters. The first kappa shape index (κ1) is 23.0. The average Bonchev–Trinajstić information content (AvgIpc) is 3.07. The molecule has 1 fully saturated rings. The summed E-state index contributed by atoms with van der Waals surface area (Å²) in [6.07, 6.45) is 3.49. The van der Waals surface area contributed by atoms with Crippen LogP contribution in [0.3, 0.4) is 0 Å². The number of imide groups is 1. The summed E-state index contributed by atoms with van der Waals surface area (Å²) in [5, 5.41) is 0. The van der Waals surface area contributed by atoms with Crippen molar-refractivity contribution < 1.29 is 18.8 Å². The van der Waals surface area contributed by atoms with Crippen LogP contribution in [0.15, 0.2) is 42.5 Å². The van der Waals surface area contributed by atoms with Crippen LogP contribution in [0.25, 0.3) is 0 Å². The zero-order valence-corrected chi connectivity index (χ0v) is 19.2. The summed E-state index contributed by atoms with van der Waals surface area (Å²) in [5.74, 6) is -0.936. The second kappa shape index (κ2) is 9.73. The number of nitrogens with zero attached hydrogens (tertiary/aromatic N) is 3. The van der Waals surface area contributed by atoms with E-state index in [1.54, 1.807) is 24.3 Å². The van der Waals surface area contributed by atoms with Crippen molar-refractivity contribution in [3.8, 4) is 0 Å². The van der Waals surface area contributed by atoms with Gasteiger partial charge >= 0.3 is 0 Å². The van der Waals surface area contributed by atoms with Crippen LogP contribution >= 0.6 is 0 Å². The van der Waals surface area contributed by atoms with Crippen molar-refractivity contribution in [2.75, 3.05) is 31.6 Å². The summed E-state index contributed by atoms with van der Waals surface area (Å²) in [7, 11) is 1.87. The van der Waals surface area contributed by atoms with Gasteiger partial charge in [-0.05, 0) is 49.1 Å². The van der Waals surface area contributed by atoms with E-state index in [1.165, 1.54) is 17.0 Å². The van der Waals surface area contributed by atoms with E-state index < -0.39 is 5.82 Å². The van der Waals surface area contributed by atoms with E-state index in [1.807, 2.05) is 18.0 Å². The summed E-state index contributed by atoms with van der Waals surface area (Å²) in [5.41, 5.74) is 2.09. The van der Waals surface area contributed by atoms with E-state index in [9.17, 15) is 18.8 Å². The summed E-state index contributed by atoms with van der Waals surface area (Å²) in [6, 6.07) is 11.3. The monoisotopic (exact) mass is 451 g/mol. The lowest BCUT2D eigenvalue weighted by Gasteiger charge is -2.35. The highest BCUT2D eigenvalue weighted by molar-refractivity contribution is 6.23. The second-order valence-corrected chi connectivity index (χ2v) is 8.90. The minimum atomic E-state index is -0.400. The standard InChI is InChI=1S/C26H30FN3O3/c1-3-4-13-28(2)24(31)19-11-14-29(15-12-19)22-10-6-9-21-23(22)26(33)30(25(21)32)17-18-7-5-8-20(27)16-18/h5-10,16,19H,3-4,11-15,17H2,1-2H3. The molecular formula is C26H30FN3O3. The van der Waals surface area contributed by atoms with E-state index >= 15 is 0 Å². The lowest BCUT2D eigenvalue weighted by molar-refractivity contribution is -0.134. The molecule has 0 spiro atoms. The summed E-state index contributed by atoms with van der Waals surface area (Å²) < 4.78 is 13.6. The molecule has 7 heteroatoms. The number of anilines is 1. The number of rotatable bonds is 7. The summed E-state index contributed by atoms with van der Waals surface area (Å²) in [4.78, 5) is 44.1. The fraction of sp³-hybridized carbons (Fsp3) is 0.423. The Morgan fingerprint density at radius 3 is 2.52 bits per heavy atom. The van der Waals surface area contributed by atoms with E-state index in [0.29, 0.717) is 42.6 Å². The molecular weight excluding hydrogens is 421 g/mol. The van der Waals surface area contributed by atoms with Crippen molar-refractivity contribution in [2.45, 2.75) is 39.2 Å². The number of piperidine rings is 1. The lowest BCUT2D eigenvalue weighted by Crippen LogP contribution is -2.42. The SMILES string of the molecule is CCCCN(C)C(=O)C1CCN(c2cccc3c2C(=O)N(Cc2cccc(F)c2)C3=O)CC1. The fourth-order valence-electron chi connectivity index (χ4n) is 4.73. The van der Waals surface area contributed by atoms with Crippen molar-refractivity contribution in [1.82, 2.24) is 9.80 Å². The minimum absolute atomic E-state index is 0.0123. The molecule has 2 heterocycles. The molecule has 174 valence electrons. The van der Waals surface area contributed by atoms with Crippen LogP contribution in [0.2, 0.25) is 0 Å². The van der Waals surface area contributed by atoms with Gasteiger partial charge in [-0.1, -0.05) is 31.5 Å². The van der Waals surface area contributed by atoms with Gasteiger partial charge in [0.25, 0.3) is 11.8 Å². The average molecular weight is 452 g/mol. The fourth-order valence-corrected chi connectivity index (χ4v) is 4.73. The Morgan fingerprint density at radius 2 is 1.82 bits per heavy atom. The number of halogens is 1. The van der Waals surface area contributed by atoms with Crippen LogP contribution in [-0.4, -0.2) is 54.2 Å². The van der Waals surface area contributed by atoms with Gasteiger partial charge in [0.05, 0.1) is 23.4 Å². The molecule has 3 amide bonds. The van der Waals surface area contributed by atoms with Gasteiger partial charge < -0.3 is 9.80 Å². The van der Waals surface area contributed by atoms with Crippen molar-refractivity contribution in [2.24, 2.45) is 5.92 Å². The molecule has 2 aliphatic heterocycles. The molecule has 33 heavy (non-hydrogen) atoms. The molecule has 0 N–H and O–H groups in total. The molecule has 6 nitrogen and oxygen atoms in total. The third-order valence-electron chi connectivity index (χ3n) is 6.61. The number of benzene rings is 2. The number of amides is 3. The zero-order chi connectivity index (χ0) is 23.5. The maximum atomic E-state index is 13.6. The number of carbonyl (C=O) groups is 3. The highest BCUT2D eigenvalue weighted by Gasteiger charge is 2.39. The molecule has 0 aromatic heterocycles. The van der Waals surface area contributed by atoms with Crippen LogP contribution < -0.4 is 4.90 Å². The number of carbonyl (C=O) groups excluding carboxylic acids is 3. The van der Waals surface area contributed by atoms with Crippen LogP contribution in [-0.2, 0) is 11.3 Å². The second-order valence-electron chi connectivity index (χ2n) is 8.90. The maximum absolute atomic E-state index is 13.6. The van der Waals surface area contributed by atoms with Crippen molar-refractivity contribution in [3.05, 3.63) is 65.0 Å². The maximum Gasteiger partial charge on any atom is 0.263 e. The lowest BCUT2D eigenvalue weighted by atomic mass is 9.94. The molecule has 0 bridgehead atoms. The Kier molecular flexibility index (Phi) is 6.77. The van der Waals surface area contributed by atoms with Crippen LogP contribution in [0.4, 0.5) is 10.1 Å². The van der Waals surface area contributed by atoms with Gasteiger partial charge in [0.15, 0.2) is 0 Å². The molecule has 2 aromatic carbocycles. The Balaban J connectivity index is 1.48. The van der Waals surface area contributed by atoms with Crippen molar-refractivity contribution in [3.63, 3.8) is 0 Å². The minimum Gasteiger partial charge on any atom is -0.371 e. The van der Waals surface area contributed by atoms with Gasteiger partial charge in [-0.15, -0.1) is 0 Å². The summed E-state index contributed by atoms with van der Waals surface area (Å²) in [6.45, 7) is 4.23. The topological polar surface area (TPSA) is 60.9 Å². The Labute approximate surface area is 194 Å². The van der Waals surface area contributed by atoms with Crippen LogP contribution in [0.5, 0.6) is 0 Å². The number of hydrogen-bond acceptors (Lipinski definition) is 4. The third-order valence-corrected chi connectivity index (χ3v) is 6.61. The Morgan fingerprint density at radius 1 is 1.09 bits per heavy atom. The highest BCUT2D eigenvalue weighted by atomic mass is 19.1. The van der Waals surface area contributed by atoms with Crippen molar-refractivity contribution in [1.29, 1.82) is 0 Å². The first-order valence-electron chi connectivity index (χ1n) is 11.6. The number of fused-ring (bicyclic) bond motifs is 1. The molecule has 0 aliphatic carbocycles. The van der Waals surface area contributed by atoms with E-state index in [2.05, 4.69) is 11.8 Å². The van der Waals surface area contributed by atoms with E-state index in [4.69, 9.17) is 0 Å². The van der Waals surface area contributed by atoms with Gasteiger partial charge in [-0.3, -0.25) is 19.3 Å². The molecule has 4 rings (SSSR count). The van der Waals surface area contributed by atoms with Gasteiger partial charge in [0.1, 0.15) is 5.82 Å². The van der Waals surface area contributed by atoms with E-state index in [0.717, 1.165) is 25.1 Å². The smallest absolute Gasteiger partial charge is 0.263 e. The van der Waals surface area contributed by atoms with Gasteiger partial charge in [-0.25, -0.2) is 4.39 Å². The third kappa shape index (κ3) is 4.63. The molecule has 1 saturated heterocycles. The molecule has 2 aliphatic rings. The predicted molar refractivity (Wildman–Crippen MR) is 125 cm³/mol. The quantitative estimate of drug-likeness (QED) is 0.595. The summed E-state index contributed by atoms with van der Waals surface area (Å²) >= 11 is 0. The molecule has 2 aromatic rings. The molecule has 0 radical (unpaired) electrons. The normalized spacial score (nSPS) is 16.3. The van der Waals surface area contributed by atoms with Gasteiger partial charge in [0.2, 0.25) is 5.91 Å². The van der Waals surface area contributed by atoms with Crippen LogP contribution in [0, 0.1) is 11.7 Å². The van der Waals surface area contributed by atoms with Gasteiger partial charge in [-0.2, -0.15) is 0 Å². The Bertz CT molecular complexity index is 1060.